The van der Waals surface area contributed by atoms with Gasteiger partial charge in [0.15, 0.2) is 8.07 Å². The number of aromatic nitrogens is 2. The third kappa shape index (κ3) is 4.57. The van der Waals surface area contributed by atoms with Crippen LogP contribution in [0.2, 0.25) is 0 Å². The molecule has 3 heteroatoms. The van der Waals surface area contributed by atoms with Crippen LogP contribution in [0, 0.1) is 0 Å². The van der Waals surface area contributed by atoms with Crippen molar-refractivity contribution in [2.45, 2.75) is 45.7 Å². The summed E-state index contributed by atoms with van der Waals surface area (Å²) in [6, 6.07) is 30.0. The second-order valence-electron chi connectivity index (χ2n) is 8.40. The fraction of sp³-hybridized carbons (Fsp3) is 0.250. The first-order chi connectivity index (χ1) is 15.3. The lowest BCUT2D eigenvalue weighted by Gasteiger charge is -2.34. The summed E-state index contributed by atoms with van der Waals surface area (Å²) in [5.41, 5.74) is 2.84. The molecule has 0 fully saturated rings. The molecule has 1 heterocycles. The second kappa shape index (κ2) is 9.93. The van der Waals surface area contributed by atoms with E-state index in [1.165, 1.54) is 39.5 Å². The highest BCUT2D eigenvalue weighted by Gasteiger charge is 2.39. The summed E-state index contributed by atoms with van der Waals surface area (Å²) in [7, 11) is -2.30. The third-order valence-corrected chi connectivity index (χ3v) is 11.0. The van der Waals surface area contributed by atoms with Crippen LogP contribution in [-0.2, 0) is 19.0 Å². The molecule has 0 N–H and O–H groups in total. The summed E-state index contributed by atoms with van der Waals surface area (Å²) in [6.45, 7) is 4.49. The molecule has 0 saturated carbocycles. The van der Waals surface area contributed by atoms with E-state index in [9.17, 15) is 0 Å². The van der Waals surface area contributed by atoms with Gasteiger partial charge in [0.05, 0.1) is 6.33 Å². The van der Waals surface area contributed by atoms with Gasteiger partial charge < -0.3 is 4.57 Å². The van der Waals surface area contributed by atoms with E-state index >= 15 is 0 Å². The summed E-state index contributed by atoms with van der Waals surface area (Å²) in [6.07, 6.45) is 11.5. The molecule has 0 spiro atoms. The highest BCUT2D eigenvalue weighted by Crippen LogP contribution is 2.14. The molecule has 0 radical (unpaired) electrons. The molecule has 0 aliphatic carbocycles. The molecule has 4 aromatic rings. The SMILES string of the molecule is CCCc1ccc([Si](Cn2ccnc2)(c2ccccc2)c2ccc(CCC)cc2)cc1. The zero-order valence-corrected chi connectivity index (χ0v) is 19.7. The van der Waals surface area contributed by atoms with Crippen molar-refractivity contribution in [1.82, 2.24) is 9.55 Å². The fourth-order valence-electron chi connectivity index (χ4n) is 4.64. The molecule has 0 atom stereocenters. The van der Waals surface area contributed by atoms with Crippen LogP contribution in [0.25, 0.3) is 0 Å². The maximum atomic E-state index is 4.35. The van der Waals surface area contributed by atoms with Crippen molar-refractivity contribution in [1.29, 1.82) is 0 Å². The van der Waals surface area contributed by atoms with Gasteiger partial charge in [-0.15, -0.1) is 0 Å². The number of benzene rings is 3. The van der Waals surface area contributed by atoms with E-state index in [0.29, 0.717) is 0 Å². The molecular weight excluding hydrogens is 392 g/mol. The van der Waals surface area contributed by atoms with Crippen molar-refractivity contribution < 1.29 is 0 Å². The molecular formula is C28H32N2Si. The maximum absolute atomic E-state index is 4.35. The maximum Gasteiger partial charge on any atom is 0.168 e. The summed E-state index contributed by atoms with van der Waals surface area (Å²) < 4.78 is 2.26. The lowest BCUT2D eigenvalue weighted by Crippen LogP contribution is -2.69. The molecule has 0 aliphatic rings. The van der Waals surface area contributed by atoms with Crippen molar-refractivity contribution in [3.05, 3.63) is 109 Å². The Balaban J connectivity index is 1.91. The van der Waals surface area contributed by atoms with Gasteiger partial charge in [0.2, 0.25) is 0 Å². The van der Waals surface area contributed by atoms with Gasteiger partial charge in [0.25, 0.3) is 0 Å². The van der Waals surface area contributed by atoms with Crippen LogP contribution in [-0.4, -0.2) is 17.6 Å². The van der Waals surface area contributed by atoms with Gasteiger partial charge in [-0.05, 0) is 39.5 Å². The van der Waals surface area contributed by atoms with E-state index in [2.05, 4.69) is 108 Å². The van der Waals surface area contributed by atoms with E-state index in [0.717, 1.165) is 19.0 Å². The monoisotopic (exact) mass is 424 g/mol. The first kappa shape index (κ1) is 21.3. The lowest BCUT2D eigenvalue weighted by molar-refractivity contribution is 0.861. The molecule has 0 bridgehead atoms. The Morgan fingerprint density at radius 2 is 1.19 bits per heavy atom. The Hall–Kier alpha value is -2.91. The molecule has 1 aromatic heterocycles. The predicted octanol–water partition coefficient (Wildman–Crippen LogP) is 4.50. The van der Waals surface area contributed by atoms with Crippen molar-refractivity contribution in [3.8, 4) is 0 Å². The molecule has 4 rings (SSSR count). The van der Waals surface area contributed by atoms with Crippen molar-refractivity contribution >= 4 is 23.6 Å². The van der Waals surface area contributed by atoms with Crippen molar-refractivity contribution in [3.63, 3.8) is 0 Å². The minimum atomic E-state index is -2.30. The Kier molecular flexibility index (Phi) is 6.83. The van der Waals surface area contributed by atoms with Gasteiger partial charge >= 0.3 is 0 Å². The summed E-state index contributed by atoms with van der Waals surface area (Å²) in [4.78, 5) is 4.35. The zero-order valence-electron chi connectivity index (χ0n) is 18.7. The number of nitrogens with zero attached hydrogens (tertiary/aromatic N) is 2. The Morgan fingerprint density at radius 1 is 0.677 bits per heavy atom. The highest BCUT2D eigenvalue weighted by molar-refractivity contribution is 7.10. The van der Waals surface area contributed by atoms with Gasteiger partial charge in [-0.25, -0.2) is 4.98 Å². The van der Waals surface area contributed by atoms with Crippen molar-refractivity contribution in [2.75, 3.05) is 0 Å². The van der Waals surface area contributed by atoms with Gasteiger partial charge in [-0.3, -0.25) is 0 Å². The Labute approximate surface area is 187 Å². The largest absolute Gasteiger partial charge is 0.339 e. The molecule has 31 heavy (non-hydrogen) atoms. The van der Waals surface area contributed by atoms with Crippen LogP contribution < -0.4 is 15.6 Å². The number of hydrogen-bond acceptors (Lipinski definition) is 1. The molecule has 0 amide bonds. The zero-order chi connectivity index (χ0) is 21.5. The normalized spacial score (nSPS) is 11.5. The minimum absolute atomic E-state index is 0.942. The quantitative estimate of drug-likeness (QED) is 0.286. The van der Waals surface area contributed by atoms with E-state index in [4.69, 9.17) is 0 Å². The average Bonchev–Trinajstić information content (AvgIpc) is 3.33. The predicted molar refractivity (Wildman–Crippen MR) is 134 cm³/mol. The van der Waals surface area contributed by atoms with Crippen LogP contribution in [0.3, 0.4) is 0 Å². The van der Waals surface area contributed by atoms with Crippen LogP contribution in [0.4, 0.5) is 0 Å². The van der Waals surface area contributed by atoms with Crippen LogP contribution >= 0.6 is 0 Å². The van der Waals surface area contributed by atoms with Crippen molar-refractivity contribution in [2.24, 2.45) is 0 Å². The standard InChI is InChI=1S/C28H32N2Si/c1-3-8-24-12-16-27(17-13-24)31(23-30-21-20-29-22-30,26-10-6-5-7-11-26)28-18-14-25(9-4-2)15-19-28/h5-7,10-22H,3-4,8-9,23H2,1-2H3. The molecule has 0 saturated heterocycles. The molecule has 2 nitrogen and oxygen atoms in total. The minimum Gasteiger partial charge on any atom is -0.339 e. The third-order valence-electron chi connectivity index (χ3n) is 6.22. The molecule has 158 valence electrons. The van der Waals surface area contributed by atoms with Gasteiger partial charge in [0.1, 0.15) is 0 Å². The summed E-state index contributed by atoms with van der Waals surface area (Å²) >= 11 is 0. The second-order valence-corrected chi connectivity index (χ2v) is 12.3. The number of rotatable bonds is 9. The van der Waals surface area contributed by atoms with Crippen LogP contribution in [0.15, 0.2) is 97.6 Å². The Bertz CT molecular complexity index is 1000. The van der Waals surface area contributed by atoms with E-state index in [-0.39, 0.29) is 0 Å². The highest BCUT2D eigenvalue weighted by atomic mass is 28.3. The van der Waals surface area contributed by atoms with Crippen LogP contribution in [0.1, 0.15) is 37.8 Å². The topological polar surface area (TPSA) is 17.8 Å². The van der Waals surface area contributed by atoms with Crippen LogP contribution in [0.5, 0.6) is 0 Å². The molecule has 0 unspecified atom stereocenters. The van der Waals surface area contributed by atoms with Gasteiger partial charge in [-0.1, -0.05) is 106 Å². The fourth-order valence-corrected chi connectivity index (χ4v) is 9.16. The smallest absolute Gasteiger partial charge is 0.168 e. The molecule has 0 aliphatic heterocycles. The van der Waals surface area contributed by atoms with E-state index in [1.807, 2.05) is 12.5 Å². The number of imidazole rings is 1. The lowest BCUT2D eigenvalue weighted by atomic mass is 10.1. The van der Waals surface area contributed by atoms with Gasteiger partial charge in [0, 0.05) is 18.6 Å². The van der Waals surface area contributed by atoms with E-state index in [1.54, 1.807) is 0 Å². The Morgan fingerprint density at radius 3 is 1.65 bits per heavy atom. The van der Waals surface area contributed by atoms with E-state index < -0.39 is 8.07 Å². The molecule has 3 aromatic carbocycles. The summed E-state index contributed by atoms with van der Waals surface area (Å²) in [5, 5.41) is 4.35. The number of aryl methyl sites for hydroxylation is 2. The number of hydrogen-bond donors (Lipinski definition) is 0. The first-order valence-corrected chi connectivity index (χ1v) is 13.7. The first-order valence-electron chi connectivity index (χ1n) is 11.5. The van der Waals surface area contributed by atoms with Gasteiger partial charge in [-0.2, -0.15) is 0 Å². The average molecular weight is 425 g/mol. The summed E-state index contributed by atoms with van der Waals surface area (Å²) in [5.74, 6) is 0.